The van der Waals surface area contributed by atoms with Gasteiger partial charge in [-0.15, -0.1) is 0 Å². The molecule has 1 unspecified atom stereocenters. The van der Waals surface area contributed by atoms with Crippen LogP contribution in [0.25, 0.3) is 0 Å². The zero-order chi connectivity index (χ0) is 7.65. The molecule has 0 aliphatic heterocycles. The van der Waals surface area contributed by atoms with Crippen molar-refractivity contribution in [2.75, 3.05) is 0 Å². The van der Waals surface area contributed by atoms with E-state index < -0.39 is 11.4 Å². The minimum absolute atomic E-state index is 0.310. The Morgan fingerprint density at radius 3 is 2.00 bits per heavy atom. The molecule has 0 radical (unpaired) electrons. The third kappa shape index (κ3) is 1.68. The van der Waals surface area contributed by atoms with Gasteiger partial charge < -0.3 is 10.8 Å². The van der Waals surface area contributed by atoms with Crippen molar-refractivity contribution in [1.29, 1.82) is 0 Å². The molecule has 0 aliphatic carbocycles. The van der Waals surface area contributed by atoms with Crippen LogP contribution in [-0.4, -0.2) is 17.1 Å². The Morgan fingerprint density at radius 2 is 2.00 bits per heavy atom. The molecule has 0 spiro atoms. The van der Waals surface area contributed by atoms with Crippen LogP contribution in [0.1, 0.15) is 20.8 Å². The molecular weight excluding hydrogens is 118 g/mol. The second-order valence-corrected chi connectivity index (χ2v) is 2.82. The highest BCUT2D eigenvalue weighted by molar-refractivity contribution is 5.74. The van der Waals surface area contributed by atoms with E-state index in [4.69, 9.17) is 10.8 Å². The molecule has 0 aromatic carbocycles. The summed E-state index contributed by atoms with van der Waals surface area (Å²) in [5.41, 5.74) is 4.58. The molecule has 0 fully saturated rings. The second-order valence-electron chi connectivity index (χ2n) is 2.82. The maximum Gasteiger partial charge on any atom is 0.310 e. The first-order valence-corrected chi connectivity index (χ1v) is 2.88. The monoisotopic (exact) mass is 131 g/mol. The van der Waals surface area contributed by atoms with E-state index in [2.05, 4.69) is 0 Å². The molecule has 3 nitrogen and oxygen atoms in total. The Morgan fingerprint density at radius 1 is 1.67 bits per heavy atom. The molecule has 1 atom stereocenters. The lowest BCUT2D eigenvalue weighted by atomic mass is 9.86. The lowest BCUT2D eigenvalue weighted by Gasteiger charge is -2.22. The summed E-state index contributed by atoms with van der Waals surface area (Å²) in [4.78, 5) is 10.4. The van der Waals surface area contributed by atoms with E-state index in [9.17, 15) is 4.79 Å². The van der Waals surface area contributed by atoms with Gasteiger partial charge in [0.15, 0.2) is 0 Å². The van der Waals surface area contributed by atoms with Crippen LogP contribution in [0.4, 0.5) is 0 Å². The van der Waals surface area contributed by atoms with E-state index in [1.54, 1.807) is 20.8 Å². The van der Waals surface area contributed by atoms with Crippen LogP contribution in [0, 0.1) is 5.41 Å². The minimum atomic E-state index is -0.850. The molecule has 0 heterocycles. The van der Waals surface area contributed by atoms with E-state index in [1.165, 1.54) is 0 Å². The van der Waals surface area contributed by atoms with Crippen molar-refractivity contribution in [3.05, 3.63) is 0 Å². The molecule has 54 valence electrons. The van der Waals surface area contributed by atoms with Crippen LogP contribution in [0.2, 0.25) is 0 Å². The number of aliphatic carboxylic acids is 1. The number of hydrogen-bond donors (Lipinski definition) is 2. The topological polar surface area (TPSA) is 63.3 Å². The summed E-state index contributed by atoms with van der Waals surface area (Å²) in [6, 6.07) is -0.310. The van der Waals surface area contributed by atoms with Crippen molar-refractivity contribution in [3.8, 4) is 0 Å². The summed E-state index contributed by atoms with van der Waals surface area (Å²) in [6.45, 7) is 4.91. The Bertz CT molecular complexity index is 118. The SMILES string of the molecule is CC(N)C(C)(C)C(=O)O. The molecule has 0 aliphatic rings. The molecule has 3 heteroatoms. The highest BCUT2D eigenvalue weighted by Crippen LogP contribution is 2.17. The Balaban J connectivity index is 4.19. The number of carbonyl (C=O) groups is 1. The summed E-state index contributed by atoms with van der Waals surface area (Å²) in [6.07, 6.45) is 0. The summed E-state index contributed by atoms with van der Waals surface area (Å²) in [5.74, 6) is -0.850. The van der Waals surface area contributed by atoms with Crippen LogP contribution in [0.15, 0.2) is 0 Å². The van der Waals surface area contributed by atoms with E-state index in [1.807, 2.05) is 0 Å². The standard InChI is InChI=1S/C6H13NO2/c1-4(7)6(2,3)5(8)9/h4H,7H2,1-3H3,(H,8,9). The normalized spacial score (nSPS) is 15.1. The zero-order valence-electron chi connectivity index (χ0n) is 6.01. The molecular formula is C6H13NO2. The van der Waals surface area contributed by atoms with E-state index in [-0.39, 0.29) is 6.04 Å². The fraction of sp³-hybridized carbons (Fsp3) is 0.833. The molecule has 0 aromatic heterocycles. The van der Waals surface area contributed by atoms with Crippen molar-refractivity contribution in [2.24, 2.45) is 11.1 Å². The highest BCUT2D eigenvalue weighted by Gasteiger charge is 2.30. The minimum Gasteiger partial charge on any atom is -0.481 e. The molecule has 0 saturated carbocycles. The summed E-state index contributed by atoms with van der Waals surface area (Å²) < 4.78 is 0. The Kier molecular flexibility index (Phi) is 2.20. The average Bonchev–Trinajstić information content (AvgIpc) is 1.65. The van der Waals surface area contributed by atoms with Crippen molar-refractivity contribution < 1.29 is 9.90 Å². The molecule has 3 N–H and O–H groups in total. The molecule has 9 heavy (non-hydrogen) atoms. The number of carboxylic acids is 1. The quantitative estimate of drug-likeness (QED) is 0.571. The maximum atomic E-state index is 10.4. The predicted octanol–water partition coefficient (Wildman–Crippen LogP) is 0.444. The van der Waals surface area contributed by atoms with Crippen molar-refractivity contribution >= 4 is 5.97 Å². The van der Waals surface area contributed by atoms with Gasteiger partial charge in [0.05, 0.1) is 5.41 Å². The second kappa shape index (κ2) is 2.35. The summed E-state index contributed by atoms with van der Waals surface area (Å²) in [7, 11) is 0. The number of nitrogens with two attached hydrogens (primary N) is 1. The van der Waals surface area contributed by atoms with Gasteiger partial charge in [0.2, 0.25) is 0 Å². The number of rotatable bonds is 2. The molecule has 0 rings (SSSR count). The van der Waals surface area contributed by atoms with Gasteiger partial charge in [-0.3, -0.25) is 4.79 Å². The third-order valence-electron chi connectivity index (χ3n) is 1.69. The van der Waals surface area contributed by atoms with Gasteiger partial charge in [0, 0.05) is 6.04 Å². The lowest BCUT2D eigenvalue weighted by Crippen LogP contribution is -2.40. The van der Waals surface area contributed by atoms with Crippen molar-refractivity contribution in [2.45, 2.75) is 26.8 Å². The first-order valence-electron chi connectivity index (χ1n) is 2.88. The average molecular weight is 131 g/mol. The smallest absolute Gasteiger partial charge is 0.310 e. The van der Waals surface area contributed by atoms with Crippen molar-refractivity contribution in [3.63, 3.8) is 0 Å². The van der Waals surface area contributed by atoms with E-state index in [0.717, 1.165) is 0 Å². The Labute approximate surface area is 54.9 Å². The van der Waals surface area contributed by atoms with Gasteiger partial charge in [-0.05, 0) is 20.8 Å². The molecule has 0 aromatic rings. The molecule has 0 saturated heterocycles. The van der Waals surface area contributed by atoms with E-state index >= 15 is 0 Å². The van der Waals surface area contributed by atoms with Gasteiger partial charge in [-0.2, -0.15) is 0 Å². The van der Waals surface area contributed by atoms with Crippen LogP contribution in [-0.2, 0) is 4.79 Å². The van der Waals surface area contributed by atoms with Gasteiger partial charge in [-0.25, -0.2) is 0 Å². The van der Waals surface area contributed by atoms with E-state index in [0.29, 0.717) is 0 Å². The predicted molar refractivity (Wildman–Crippen MR) is 35.1 cm³/mol. The first kappa shape index (κ1) is 8.43. The van der Waals surface area contributed by atoms with Gasteiger partial charge in [-0.1, -0.05) is 0 Å². The molecule has 0 amide bonds. The number of carboxylic acid groups (broad SMARTS) is 1. The summed E-state index contributed by atoms with van der Waals surface area (Å²) in [5, 5.41) is 8.53. The Hall–Kier alpha value is -0.570. The highest BCUT2D eigenvalue weighted by atomic mass is 16.4. The van der Waals surface area contributed by atoms with Crippen LogP contribution < -0.4 is 5.73 Å². The fourth-order valence-electron chi connectivity index (χ4n) is 0.195. The number of hydrogen-bond acceptors (Lipinski definition) is 2. The first-order chi connectivity index (χ1) is 3.89. The third-order valence-corrected chi connectivity index (χ3v) is 1.69. The van der Waals surface area contributed by atoms with Gasteiger partial charge >= 0.3 is 5.97 Å². The van der Waals surface area contributed by atoms with Crippen LogP contribution in [0.5, 0.6) is 0 Å². The van der Waals surface area contributed by atoms with Crippen LogP contribution >= 0.6 is 0 Å². The fourth-order valence-corrected chi connectivity index (χ4v) is 0.195. The lowest BCUT2D eigenvalue weighted by molar-refractivity contribution is -0.147. The largest absolute Gasteiger partial charge is 0.481 e. The van der Waals surface area contributed by atoms with Crippen molar-refractivity contribution in [1.82, 2.24) is 0 Å². The van der Waals surface area contributed by atoms with Gasteiger partial charge in [0.25, 0.3) is 0 Å². The summed E-state index contributed by atoms with van der Waals surface area (Å²) >= 11 is 0. The zero-order valence-corrected chi connectivity index (χ0v) is 6.01. The maximum absolute atomic E-state index is 10.4. The van der Waals surface area contributed by atoms with Crippen LogP contribution in [0.3, 0.4) is 0 Å². The molecule has 0 bridgehead atoms. The van der Waals surface area contributed by atoms with Gasteiger partial charge in [0.1, 0.15) is 0 Å².